The van der Waals surface area contributed by atoms with Gasteiger partial charge in [-0.3, -0.25) is 9.55 Å². The summed E-state index contributed by atoms with van der Waals surface area (Å²) in [5.41, 5.74) is 1.00. The molecule has 8 aromatic rings. The van der Waals surface area contributed by atoms with Crippen LogP contribution in [0.1, 0.15) is 186 Å². The Morgan fingerprint density at radius 2 is 1.24 bits per heavy atom. The average molecular weight is 1130 g/mol. The number of fused-ring (bicyclic) bond motifs is 1. The number of phenols is 1. The Labute approximate surface area is 459 Å². The maximum Gasteiger partial charge on any atom is 0.148 e. The molecule has 5 heteroatoms. The van der Waals surface area contributed by atoms with Crippen molar-refractivity contribution in [3.8, 4) is 67.5 Å². The van der Waals surface area contributed by atoms with E-state index in [9.17, 15) is 12.0 Å². The first-order valence-corrected chi connectivity index (χ1v) is 23.3. The Morgan fingerprint density at radius 3 is 1.84 bits per heavy atom. The normalized spacial score (nSPS) is 17.3. The second-order valence-electron chi connectivity index (χ2n) is 21.8. The van der Waals surface area contributed by atoms with Crippen LogP contribution in [0.15, 0.2) is 121 Å². The summed E-state index contributed by atoms with van der Waals surface area (Å²) in [7, 11) is 0. The predicted octanol–water partition coefficient (Wildman–Crippen LogP) is 18.0. The number of imidazole rings is 1. The third-order valence-electron chi connectivity index (χ3n) is 12.7. The molecule has 0 atom stereocenters. The molecule has 0 saturated heterocycles. The van der Waals surface area contributed by atoms with Crippen molar-refractivity contribution in [3.05, 3.63) is 166 Å². The number of rotatable bonds is 8. The van der Waals surface area contributed by atoms with Crippen LogP contribution in [0.3, 0.4) is 0 Å². The van der Waals surface area contributed by atoms with Crippen molar-refractivity contribution >= 4 is 11.0 Å². The molecule has 366 valence electrons. The van der Waals surface area contributed by atoms with E-state index in [1.807, 2.05) is 108 Å². The predicted molar refractivity (Wildman–Crippen MR) is 294 cm³/mol. The van der Waals surface area contributed by atoms with Crippen LogP contribution in [0.5, 0.6) is 5.75 Å². The molecule has 4 nitrogen and oxygen atoms in total. The second kappa shape index (κ2) is 19.2. The van der Waals surface area contributed by atoms with Crippen molar-refractivity contribution in [1.82, 2.24) is 14.5 Å². The topological polar surface area (TPSA) is 50.9 Å². The Morgan fingerprint density at radius 1 is 0.614 bits per heavy atom. The van der Waals surface area contributed by atoms with E-state index in [-0.39, 0.29) is 60.7 Å². The molecule has 0 aliphatic rings. The zero-order chi connectivity index (χ0) is 65.4. The van der Waals surface area contributed by atoms with E-state index in [1.54, 1.807) is 44.4 Å². The summed E-state index contributed by atoms with van der Waals surface area (Å²) in [6, 6.07) is 26.3. The molecule has 2 aromatic heterocycles. The molecular formula is C65H74N3OPt-. The monoisotopic (exact) mass is 1130 g/mol. The van der Waals surface area contributed by atoms with Crippen LogP contribution in [0, 0.1) is 12.9 Å². The molecule has 0 radical (unpaired) electrons. The first-order chi connectivity index (χ1) is 39.4. The summed E-state index contributed by atoms with van der Waals surface area (Å²) in [5, 5.41) is 12.6. The number of aromatic nitrogens is 3. The Balaban J connectivity index is 0.0000110. The standard InChI is InChI=1S/C65H74N3O.Pt/c1-39(2)45-30-46(40(3)4)32-47(31-45)43-23-26-57(41(5)29-43)68-58-20-18-19-53(59(58)67-61(68)54-37-52(64(12,13)14)38-55(60(54)69)65(15,16)17)48-33-49(35-51(34-48)63(9,10)11)56-36-44(27-28-66-56)42-21-24-50(25-22-42)62(6,7)8;/h18-32,34-40,69H,1-17H3;/q-1;/i5D3,6D3,7D3,8D3,21D,22D,24D,25D,39D,40D;. The van der Waals surface area contributed by atoms with Crippen molar-refractivity contribution < 1.29 is 50.8 Å². The number of benzene rings is 6. The molecule has 1 N–H and O–H groups in total. The van der Waals surface area contributed by atoms with Crippen LogP contribution < -0.4 is 0 Å². The van der Waals surface area contributed by atoms with E-state index in [1.165, 1.54) is 18.3 Å². The van der Waals surface area contributed by atoms with Gasteiger partial charge >= 0.3 is 0 Å². The molecule has 0 bridgehead atoms. The number of para-hydroxylation sites is 1. The van der Waals surface area contributed by atoms with Gasteiger partial charge in [0.05, 0.1) is 27.8 Å². The van der Waals surface area contributed by atoms with Gasteiger partial charge in [-0.25, -0.2) is 4.98 Å². The molecule has 0 unspecified atom stereocenters. The van der Waals surface area contributed by atoms with Crippen molar-refractivity contribution in [3.63, 3.8) is 0 Å². The van der Waals surface area contributed by atoms with Gasteiger partial charge in [-0.05, 0) is 121 Å². The minimum Gasteiger partial charge on any atom is -0.507 e. The van der Waals surface area contributed by atoms with Crippen molar-refractivity contribution in [2.75, 3.05) is 0 Å². The third kappa shape index (κ3) is 10.6. The Bertz CT molecular complexity index is 3930. The quantitative estimate of drug-likeness (QED) is 0.154. The van der Waals surface area contributed by atoms with E-state index in [2.05, 4.69) is 31.8 Å². The maximum absolute atomic E-state index is 12.6. The minimum atomic E-state index is -3.85. The first kappa shape index (κ1) is 33.1. The molecule has 0 aliphatic heterocycles. The number of pyridine rings is 1. The van der Waals surface area contributed by atoms with E-state index >= 15 is 0 Å². The molecular weight excluding hydrogens is 1030 g/mol. The molecule has 70 heavy (non-hydrogen) atoms. The van der Waals surface area contributed by atoms with E-state index < -0.39 is 90.6 Å². The Kier molecular flexibility index (Phi) is 9.10. The fraction of sp³-hybridized carbons (Fsp3) is 0.354. The van der Waals surface area contributed by atoms with Gasteiger partial charge in [-0.15, -0.1) is 29.3 Å². The number of phenolic OH excluding ortho intramolecular Hbond substituents is 1. The number of aryl methyl sites for hydroxylation is 1. The number of aromatic hydroxyl groups is 1. The van der Waals surface area contributed by atoms with Gasteiger partial charge in [0.15, 0.2) is 0 Å². The SMILES string of the molecule is [2H]c1c([2H])c(C(C([2H])([2H])[2H])(C([2H])([2H])[2H])C([2H])([2H])[2H])c([2H])c([2H])c1-c1ccnc(-c2[c-]c(-c3cccc4c3nc(-c3cc(C(C)(C)C)cc(C(C)(C)C)c3O)n4-c3ccc(-c4cc(C([2H])(C)C)cc(C([2H])(C)C)c4)cc3C([2H])([2H])[2H])cc(C(C)(C)C)c2)c1.[Pt]. The fourth-order valence-corrected chi connectivity index (χ4v) is 8.50. The van der Waals surface area contributed by atoms with Crippen molar-refractivity contribution in [1.29, 1.82) is 0 Å². The molecule has 2 heterocycles. The van der Waals surface area contributed by atoms with Crippen LogP contribution in [-0.4, -0.2) is 19.6 Å². The molecule has 8 rings (SSSR count). The molecule has 0 aliphatic carbocycles. The largest absolute Gasteiger partial charge is 0.507 e. The summed E-state index contributed by atoms with van der Waals surface area (Å²) in [6.45, 7) is 11.0. The minimum absolute atomic E-state index is 0. The van der Waals surface area contributed by atoms with Crippen molar-refractivity contribution in [2.45, 2.75) is 151 Å². The van der Waals surface area contributed by atoms with Gasteiger partial charge in [-0.2, -0.15) is 0 Å². The van der Waals surface area contributed by atoms with Gasteiger partial charge in [0.1, 0.15) is 11.6 Å². The summed E-state index contributed by atoms with van der Waals surface area (Å²) in [6.07, 6.45) is 1.37. The van der Waals surface area contributed by atoms with Gasteiger partial charge in [0.2, 0.25) is 0 Å². The second-order valence-corrected chi connectivity index (χ2v) is 21.8. The smallest absolute Gasteiger partial charge is 0.148 e. The number of nitrogens with zero attached hydrogens (tertiary/aromatic N) is 3. The van der Waals surface area contributed by atoms with Crippen LogP contribution >= 0.6 is 0 Å². The van der Waals surface area contributed by atoms with Crippen LogP contribution in [0.2, 0.25) is 0 Å². The van der Waals surface area contributed by atoms with Crippen LogP contribution in [-0.2, 0) is 42.7 Å². The summed E-state index contributed by atoms with van der Waals surface area (Å²) in [5.74, 6) is -1.90. The van der Waals surface area contributed by atoms with Gasteiger partial charge in [0.25, 0.3) is 0 Å². The zero-order valence-corrected chi connectivity index (χ0v) is 44.6. The molecule has 0 amide bonds. The zero-order valence-electron chi connectivity index (χ0n) is 60.3. The average Bonchev–Trinajstić information content (AvgIpc) is 0.980. The maximum atomic E-state index is 12.6. The van der Waals surface area contributed by atoms with E-state index in [0.717, 1.165) is 11.1 Å². The van der Waals surface area contributed by atoms with Crippen LogP contribution in [0.25, 0.3) is 72.7 Å². The van der Waals surface area contributed by atoms with E-state index in [0.29, 0.717) is 61.1 Å². The molecule has 6 aromatic carbocycles. The number of hydrogen-bond donors (Lipinski definition) is 1. The molecule has 0 spiro atoms. The molecule has 0 saturated carbocycles. The third-order valence-corrected chi connectivity index (χ3v) is 12.7. The number of hydrogen-bond acceptors (Lipinski definition) is 3. The first-order valence-electron chi connectivity index (χ1n) is 32.3. The van der Waals surface area contributed by atoms with Crippen LogP contribution in [0.4, 0.5) is 0 Å². The van der Waals surface area contributed by atoms with Gasteiger partial charge in [0, 0.05) is 57.7 Å². The molecule has 0 fully saturated rings. The van der Waals surface area contributed by atoms with E-state index in [4.69, 9.17) is 22.8 Å². The summed E-state index contributed by atoms with van der Waals surface area (Å²) >= 11 is 0. The Hall–Kier alpha value is -5.57. The summed E-state index contributed by atoms with van der Waals surface area (Å²) in [4.78, 5) is 10.1. The van der Waals surface area contributed by atoms with Gasteiger partial charge in [-0.1, -0.05) is 194 Å². The fourth-order valence-electron chi connectivity index (χ4n) is 8.50. The van der Waals surface area contributed by atoms with Gasteiger partial charge < -0.3 is 5.11 Å². The van der Waals surface area contributed by atoms with Crippen molar-refractivity contribution in [2.24, 2.45) is 0 Å². The summed E-state index contributed by atoms with van der Waals surface area (Å²) < 4.78 is 158.